The predicted molar refractivity (Wildman–Crippen MR) is 75.0 cm³/mol. The Morgan fingerprint density at radius 3 is 3.00 bits per heavy atom. The molecule has 1 atom stereocenters. The summed E-state index contributed by atoms with van der Waals surface area (Å²) in [6.07, 6.45) is 2.18. The van der Waals surface area contributed by atoms with Crippen molar-refractivity contribution in [1.29, 1.82) is 0 Å². The molecule has 0 spiro atoms. The van der Waals surface area contributed by atoms with Crippen LogP contribution in [0.4, 0.5) is 0 Å². The summed E-state index contributed by atoms with van der Waals surface area (Å²) in [5.41, 5.74) is 1.99. The van der Waals surface area contributed by atoms with Crippen LogP contribution in [0.1, 0.15) is 18.1 Å². The molecule has 1 fully saturated rings. The van der Waals surface area contributed by atoms with E-state index in [1.54, 1.807) is 6.20 Å². The largest absolute Gasteiger partial charge is 0.388 e. The van der Waals surface area contributed by atoms with Gasteiger partial charge in [-0.1, -0.05) is 6.07 Å². The molecule has 19 heavy (non-hydrogen) atoms. The Morgan fingerprint density at radius 1 is 1.32 bits per heavy atom. The lowest BCUT2D eigenvalue weighted by Gasteiger charge is -2.27. The summed E-state index contributed by atoms with van der Waals surface area (Å²) >= 11 is 0. The molecule has 0 amide bonds. The number of hydrogen-bond acceptors (Lipinski definition) is 4. The van der Waals surface area contributed by atoms with E-state index in [0.29, 0.717) is 0 Å². The standard InChI is InChI=1S/C14H20N4O/c19-14(3-6-18-7-4-15-5-8-18)11-1-2-13-12(9-11)10-16-17-13/h1-2,9-10,14-15,19H,3-8H2,(H,16,17). The molecule has 1 aromatic carbocycles. The molecule has 2 aromatic rings. The zero-order chi connectivity index (χ0) is 13.1. The Hall–Kier alpha value is -1.43. The van der Waals surface area contributed by atoms with E-state index in [4.69, 9.17) is 0 Å². The van der Waals surface area contributed by atoms with Crippen molar-refractivity contribution in [2.24, 2.45) is 0 Å². The molecule has 1 aromatic heterocycles. The molecule has 3 N–H and O–H groups in total. The Bertz CT molecular complexity index is 533. The number of nitrogens with one attached hydrogen (secondary N) is 2. The van der Waals surface area contributed by atoms with Gasteiger partial charge >= 0.3 is 0 Å². The molecule has 0 aliphatic carbocycles. The first-order valence-corrected chi connectivity index (χ1v) is 6.87. The van der Waals surface area contributed by atoms with Gasteiger partial charge in [-0.05, 0) is 24.1 Å². The van der Waals surface area contributed by atoms with Crippen LogP contribution in [-0.2, 0) is 0 Å². The molecule has 0 saturated carbocycles. The van der Waals surface area contributed by atoms with Crippen molar-refractivity contribution in [3.05, 3.63) is 30.0 Å². The summed E-state index contributed by atoms with van der Waals surface area (Å²) in [4.78, 5) is 2.40. The van der Waals surface area contributed by atoms with Crippen LogP contribution in [0, 0.1) is 0 Å². The van der Waals surface area contributed by atoms with E-state index in [9.17, 15) is 5.11 Å². The van der Waals surface area contributed by atoms with Crippen molar-refractivity contribution in [2.75, 3.05) is 32.7 Å². The number of H-pyrrole nitrogens is 1. The molecule has 102 valence electrons. The zero-order valence-corrected chi connectivity index (χ0v) is 11.0. The van der Waals surface area contributed by atoms with Crippen molar-refractivity contribution in [2.45, 2.75) is 12.5 Å². The normalized spacial score (nSPS) is 18.8. The maximum absolute atomic E-state index is 10.3. The molecule has 2 heterocycles. The van der Waals surface area contributed by atoms with Gasteiger partial charge in [0.15, 0.2) is 0 Å². The van der Waals surface area contributed by atoms with E-state index in [-0.39, 0.29) is 0 Å². The molecule has 1 unspecified atom stereocenters. The fraction of sp³-hybridized carbons (Fsp3) is 0.500. The fourth-order valence-corrected chi connectivity index (χ4v) is 2.57. The monoisotopic (exact) mass is 260 g/mol. The van der Waals surface area contributed by atoms with Gasteiger partial charge in [0.2, 0.25) is 0 Å². The molecule has 0 radical (unpaired) electrons. The van der Waals surface area contributed by atoms with Crippen LogP contribution in [0.25, 0.3) is 10.9 Å². The average Bonchev–Trinajstić information content (AvgIpc) is 2.93. The second-order valence-electron chi connectivity index (χ2n) is 5.11. The van der Waals surface area contributed by atoms with E-state index < -0.39 is 6.10 Å². The highest BCUT2D eigenvalue weighted by molar-refractivity contribution is 5.78. The smallest absolute Gasteiger partial charge is 0.0802 e. The number of hydrogen-bond donors (Lipinski definition) is 3. The molecule has 5 heteroatoms. The maximum Gasteiger partial charge on any atom is 0.0802 e. The summed E-state index contributed by atoms with van der Waals surface area (Å²) in [6.45, 7) is 5.21. The highest BCUT2D eigenvalue weighted by atomic mass is 16.3. The molecular weight excluding hydrogens is 240 g/mol. The predicted octanol–water partition coefficient (Wildman–Crippen LogP) is 0.892. The number of piperazine rings is 1. The minimum Gasteiger partial charge on any atom is -0.388 e. The van der Waals surface area contributed by atoms with Gasteiger partial charge < -0.3 is 15.3 Å². The van der Waals surface area contributed by atoms with Gasteiger partial charge in [-0.3, -0.25) is 5.10 Å². The SMILES string of the molecule is OC(CCN1CCNCC1)c1ccc2[nH]ncc2c1. The lowest BCUT2D eigenvalue weighted by Crippen LogP contribution is -2.44. The van der Waals surface area contributed by atoms with E-state index >= 15 is 0 Å². The molecule has 1 aliphatic rings. The van der Waals surface area contributed by atoms with Crippen molar-refractivity contribution < 1.29 is 5.11 Å². The minimum atomic E-state index is -0.394. The maximum atomic E-state index is 10.3. The number of aromatic nitrogens is 2. The van der Waals surface area contributed by atoms with Gasteiger partial charge in [0.05, 0.1) is 17.8 Å². The van der Waals surface area contributed by atoms with Crippen LogP contribution >= 0.6 is 0 Å². The minimum absolute atomic E-state index is 0.394. The van der Waals surface area contributed by atoms with E-state index in [1.807, 2.05) is 18.2 Å². The van der Waals surface area contributed by atoms with Gasteiger partial charge in [0.25, 0.3) is 0 Å². The highest BCUT2D eigenvalue weighted by Gasteiger charge is 2.13. The number of nitrogens with zero attached hydrogens (tertiary/aromatic N) is 2. The summed E-state index contributed by atoms with van der Waals surface area (Å²) in [7, 11) is 0. The number of aromatic amines is 1. The summed E-state index contributed by atoms with van der Waals surface area (Å²) in [5, 5.41) is 21.6. The Kier molecular flexibility index (Phi) is 3.77. The van der Waals surface area contributed by atoms with Gasteiger partial charge in [-0.25, -0.2) is 0 Å². The molecule has 1 saturated heterocycles. The average molecular weight is 260 g/mol. The Balaban J connectivity index is 1.60. The van der Waals surface area contributed by atoms with E-state index in [2.05, 4.69) is 20.4 Å². The molecule has 3 rings (SSSR count). The lowest BCUT2D eigenvalue weighted by molar-refractivity contribution is 0.137. The first-order valence-electron chi connectivity index (χ1n) is 6.87. The number of rotatable bonds is 4. The third-order valence-corrected chi connectivity index (χ3v) is 3.78. The quantitative estimate of drug-likeness (QED) is 0.764. The highest BCUT2D eigenvalue weighted by Crippen LogP contribution is 2.21. The molecule has 5 nitrogen and oxygen atoms in total. The first kappa shape index (κ1) is 12.6. The molecular formula is C14H20N4O. The summed E-state index contributed by atoms with van der Waals surface area (Å²) in [6, 6.07) is 5.97. The summed E-state index contributed by atoms with van der Waals surface area (Å²) in [5.74, 6) is 0. The van der Waals surface area contributed by atoms with Gasteiger partial charge in [-0.2, -0.15) is 5.10 Å². The van der Waals surface area contributed by atoms with Gasteiger partial charge in [0.1, 0.15) is 0 Å². The third kappa shape index (κ3) is 2.94. The van der Waals surface area contributed by atoms with E-state index in [1.165, 1.54) is 0 Å². The first-order chi connectivity index (χ1) is 9.33. The molecule has 1 aliphatic heterocycles. The van der Waals surface area contributed by atoms with Crippen LogP contribution in [0.15, 0.2) is 24.4 Å². The number of fused-ring (bicyclic) bond motifs is 1. The lowest BCUT2D eigenvalue weighted by atomic mass is 10.0. The van der Waals surface area contributed by atoms with Crippen molar-refractivity contribution in [1.82, 2.24) is 20.4 Å². The zero-order valence-electron chi connectivity index (χ0n) is 11.0. The topological polar surface area (TPSA) is 64.2 Å². The van der Waals surface area contributed by atoms with Crippen LogP contribution in [0.3, 0.4) is 0 Å². The van der Waals surface area contributed by atoms with Crippen molar-refractivity contribution >= 4 is 10.9 Å². The Labute approximate surface area is 112 Å². The third-order valence-electron chi connectivity index (χ3n) is 3.78. The summed E-state index contributed by atoms with van der Waals surface area (Å²) < 4.78 is 0. The van der Waals surface area contributed by atoms with Crippen LogP contribution in [0.5, 0.6) is 0 Å². The fourth-order valence-electron chi connectivity index (χ4n) is 2.57. The second-order valence-corrected chi connectivity index (χ2v) is 5.11. The van der Waals surface area contributed by atoms with Crippen LogP contribution in [0.2, 0.25) is 0 Å². The van der Waals surface area contributed by atoms with Gasteiger partial charge in [-0.15, -0.1) is 0 Å². The Morgan fingerprint density at radius 2 is 2.16 bits per heavy atom. The van der Waals surface area contributed by atoms with Crippen molar-refractivity contribution in [3.63, 3.8) is 0 Å². The molecule has 0 bridgehead atoms. The number of aliphatic hydroxyl groups is 1. The van der Waals surface area contributed by atoms with Gasteiger partial charge in [0, 0.05) is 38.1 Å². The van der Waals surface area contributed by atoms with E-state index in [0.717, 1.165) is 55.6 Å². The van der Waals surface area contributed by atoms with Crippen LogP contribution < -0.4 is 5.32 Å². The second kappa shape index (κ2) is 5.69. The van der Waals surface area contributed by atoms with Crippen molar-refractivity contribution in [3.8, 4) is 0 Å². The number of benzene rings is 1. The number of aliphatic hydroxyl groups excluding tert-OH is 1. The van der Waals surface area contributed by atoms with Crippen LogP contribution in [-0.4, -0.2) is 52.9 Å².